The number of hydrogen-bond acceptors (Lipinski definition) is 3. The third-order valence-corrected chi connectivity index (χ3v) is 5.74. The van der Waals surface area contributed by atoms with Crippen LogP contribution in [0.4, 0.5) is 4.39 Å². The Balaban J connectivity index is 1.52. The summed E-state index contributed by atoms with van der Waals surface area (Å²) < 4.78 is 18.7. The number of nitrogens with zero attached hydrogens (tertiary/aromatic N) is 1. The third-order valence-electron chi connectivity index (χ3n) is 5.74. The highest BCUT2D eigenvalue weighted by atomic mass is 19.1. The zero-order valence-corrected chi connectivity index (χ0v) is 15.6. The summed E-state index contributed by atoms with van der Waals surface area (Å²) in [4.78, 5) is 14.7. The molecule has 0 radical (unpaired) electrons. The van der Waals surface area contributed by atoms with Gasteiger partial charge in [0.25, 0.3) is 0 Å². The molecule has 2 fully saturated rings. The van der Waals surface area contributed by atoms with Crippen molar-refractivity contribution in [2.24, 2.45) is 5.92 Å². The second kappa shape index (κ2) is 10.0. The van der Waals surface area contributed by atoms with Crippen LogP contribution in [0.15, 0.2) is 24.3 Å². The van der Waals surface area contributed by atoms with E-state index in [1.54, 1.807) is 0 Å². The van der Waals surface area contributed by atoms with Gasteiger partial charge in [0, 0.05) is 26.1 Å². The molecule has 1 aliphatic heterocycles. The predicted octanol–water partition coefficient (Wildman–Crippen LogP) is 3.68. The third kappa shape index (κ3) is 5.78. The first-order valence-electron chi connectivity index (χ1n) is 10.1. The second-order valence-corrected chi connectivity index (χ2v) is 7.56. The molecule has 1 atom stereocenters. The van der Waals surface area contributed by atoms with E-state index in [0.29, 0.717) is 26.2 Å². The molecule has 1 saturated heterocycles. The van der Waals surface area contributed by atoms with Gasteiger partial charge in [0.2, 0.25) is 5.91 Å². The molecule has 1 aromatic rings. The first-order chi connectivity index (χ1) is 12.7. The Hall–Kier alpha value is -1.46. The summed E-state index contributed by atoms with van der Waals surface area (Å²) in [6.45, 7) is 3.63. The summed E-state index contributed by atoms with van der Waals surface area (Å²) in [6, 6.07) is 6.70. The van der Waals surface area contributed by atoms with Crippen molar-refractivity contribution >= 4 is 5.91 Å². The van der Waals surface area contributed by atoms with E-state index in [9.17, 15) is 9.18 Å². The van der Waals surface area contributed by atoms with Gasteiger partial charge in [0.05, 0.1) is 19.3 Å². The molecule has 1 heterocycles. The maximum absolute atomic E-state index is 13.3. The standard InChI is InChI=1S/C21H31FN2O2/c22-19-9-7-18(8-10-19)20(24-12-14-26-15-13-24)16-23-21(25)11-6-17-4-2-1-3-5-17/h7-10,17,20H,1-6,11-16H2,(H,23,25)/t20-/m1/s1. The average molecular weight is 362 g/mol. The first kappa shape index (κ1) is 19.3. The number of ether oxygens (including phenoxy) is 1. The number of amides is 1. The molecule has 3 rings (SSSR count). The second-order valence-electron chi connectivity index (χ2n) is 7.56. The van der Waals surface area contributed by atoms with Crippen molar-refractivity contribution in [3.05, 3.63) is 35.6 Å². The zero-order valence-electron chi connectivity index (χ0n) is 15.6. The molecule has 0 unspecified atom stereocenters. The number of halogens is 1. The van der Waals surface area contributed by atoms with Crippen LogP contribution < -0.4 is 5.32 Å². The average Bonchev–Trinajstić information content (AvgIpc) is 2.69. The lowest BCUT2D eigenvalue weighted by Crippen LogP contribution is -2.43. The maximum Gasteiger partial charge on any atom is 0.220 e. The van der Waals surface area contributed by atoms with E-state index >= 15 is 0 Å². The van der Waals surface area contributed by atoms with Crippen molar-refractivity contribution in [2.75, 3.05) is 32.8 Å². The van der Waals surface area contributed by atoms with Crippen LogP contribution in [0.25, 0.3) is 0 Å². The topological polar surface area (TPSA) is 41.6 Å². The lowest BCUT2D eigenvalue weighted by molar-refractivity contribution is -0.121. The molecule has 0 aromatic heterocycles. The fourth-order valence-corrected chi connectivity index (χ4v) is 4.14. The molecule has 1 aromatic carbocycles. The number of rotatable bonds is 7. The minimum atomic E-state index is -0.231. The molecule has 4 nitrogen and oxygen atoms in total. The van der Waals surface area contributed by atoms with Gasteiger partial charge >= 0.3 is 0 Å². The van der Waals surface area contributed by atoms with Crippen LogP contribution in [0.1, 0.15) is 56.6 Å². The van der Waals surface area contributed by atoms with Crippen molar-refractivity contribution in [1.82, 2.24) is 10.2 Å². The van der Waals surface area contributed by atoms with Crippen LogP contribution in [0.2, 0.25) is 0 Å². The highest BCUT2D eigenvalue weighted by Gasteiger charge is 2.23. The quantitative estimate of drug-likeness (QED) is 0.805. The minimum Gasteiger partial charge on any atom is -0.379 e. The highest BCUT2D eigenvalue weighted by Crippen LogP contribution is 2.27. The molecular weight excluding hydrogens is 331 g/mol. The molecule has 1 N–H and O–H groups in total. The Morgan fingerprint density at radius 3 is 2.54 bits per heavy atom. The fourth-order valence-electron chi connectivity index (χ4n) is 4.14. The molecule has 1 aliphatic carbocycles. The summed E-state index contributed by atoms with van der Waals surface area (Å²) in [6.07, 6.45) is 8.15. The van der Waals surface area contributed by atoms with Gasteiger partial charge in [-0.25, -0.2) is 4.39 Å². The molecule has 1 amide bonds. The molecule has 1 saturated carbocycles. The van der Waals surface area contributed by atoms with E-state index in [2.05, 4.69) is 10.2 Å². The van der Waals surface area contributed by atoms with Gasteiger partial charge in [-0.2, -0.15) is 0 Å². The highest BCUT2D eigenvalue weighted by molar-refractivity contribution is 5.75. The summed E-state index contributed by atoms with van der Waals surface area (Å²) in [5.41, 5.74) is 1.04. The van der Waals surface area contributed by atoms with Crippen molar-refractivity contribution in [3.63, 3.8) is 0 Å². The zero-order chi connectivity index (χ0) is 18.2. The van der Waals surface area contributed by atoms with Gasteiger partial charge in [0.15, 0.2) is 0 Å². The molecule has 0 spiro atoms. The van der Waals surface area contributed by atoms with Crippen molar-refractivity contribution in [2.45, 2.75) is 51.0 Å². The molecule has 26 heavy (non-hydrogen) atoms. The summed E-state index contributed by atoms with van der Waals surface area (Å²) in [5.74, 6) is 0.628. The number of nitrogens with one attached hydrogen (secondary N) is 1. The number of carbonyl (C=O) groups is 1. The summed E-state index contributed by atoms with van der Waals surface area (Å²) in [5, 5.41) is 3.12. The summed E-state index contributed by atoms with van der Waals surface area (Å²) >= 11 is 0. The molecule has 144 valence electrons. The minimum absolute atomic E-state index is 0.0677. The van der Waals surface area contributed by atoms with Gasteiger partial charge in [0.1, 0.15) is 5.82 Å². The lowest BCUT2D eigenvalue weighted by Gasteiger charge is -2.35. The van der Waals surface area contributed by atoms with Crippen LogP contribution in [-0.4, -0.2) is 43.7 Å². The van der Waals surface area contributed by atoms with Gasteiger partial charge in [-0.3, -0.25) is 9.69 Å². The van der Waals surface area contributed by atoms with Crippen LogP contribution in [0, 0.1) is 11.7 Å². The maximum atomic E-state index is 13.3. The molecule has 5 heteroatoms. The van der Waals surface area contributed by atoms with Crippen LogP contribution >= 0.6 is 0 Å². The Morgan fingerprint density at radius 1 is 1.15 bits per heavy atom. The smallest absolute Gasteiger partial charge is 0.220 e. The Bertz CT molecular complexity index is 552. The van der Waals surface area contributed by atoms with E-state index in [0.717, 1.165) is 31.0 Å². The monoisotopic (exact) mass is 362 g/mol. The molecule has 0 bridgehead atoms. The van der Waals surface area contributed by atoms with E-state index in [1.807, 2.05) is 12.1 Å². The number of hydrogen-bond donors (Lipinski definition) is 1. The molecule has 2 aliphatic rings. The van der Waals surface area contributed by atoms with Crippen molar-refractivity contribution in [3.8, 4) is 0 Å². The van der Waals surface area contributed by atoms with Crippen LogP contribution in [0.5, 0.6) is 0 Å². The van der Waals surface area contributed by atoms with E-state index in [4.69, 9.17) is 4.74 Å². The number of benzene rings is 1. The molecular formula is C21H31FN2O2. The van der Waals surface area contributed by atoms with Crippen molar-refractivity contribution < 1.29 is 13.9 Å². The van der Waals surface area contributed by atoms with Gasteiger partial charge in [-0.1, -0.05) is 44.2 Å². The van der Waals surface area contributed by atoms with E-state index in [-0.39, 0.29) is 17.8 Å². The van der Waals surface area contributed by atoms with E-state index in [1.165, 1.54) is 44.2 Å². The Labute approximate surface area is 156 Å². The van der Waals surface area contributed by atoms with E-state index < -0.39 is 0 Å². The fraction of sp³-hybridized carbons (Fsp3) is 0.667. The van der Waals surface area contributed by atoms with Gasteiger partial charge in [-0.15, -0.1) is 0 Å². The summed E-state index contributed by atoms with van der Waals surface area (Å²) in [7, 11) is 0. The van der Waals surface area contributed by atoms with Gasteiger partial charge < -0.3 is 10.1 Å². The normalized spacial score (nSPS) is 20.7. The van der Waals surface area contributed by atoms with Crippen LogP contribution in [-0.2, 0) is 9.53 Å². The Morgan fingerprint density at radius 2 is 1.85 bits per heavy atom. The first-order valence-corrected chi connectivity index (χ1v) is 10.1. The predicted molar refractivity (Wildman–Crippen MR) is 100 cm³/mol. The Kier molecular flexibility index (Phi) is 7.44. The van der Waals surface area contributed by atoms with Crippen molar-refractivity contribution in [1.29, 1.82) is 0 Å². The number of carbonyl (C=O) groups excluding carboxylic acids is 1. The SMILES string of the molecule is O=C(CCC1CCCCC1)NC[C@H](c1ccc(F)cc1)N1CCOCC1. The number of morpholine rings is 1. The van der Waals surface area contributed by atoms with Crippen LogP contribution in [0.3, 0.4) is 0 Å². The lowest BCUT2D eigenvalue weighted by atomic mass is 9.86. The largest absolute Gasteiger partial charge is 0.379 e. The van der Waals surface area contributed by atoms with Gasteiger partial charge in [-0.05, 0) is 30.0 Å².